The third-order valence-corrected chi connectivity index (χ3v) is 10.2. The number of hydrogen-bond acceptors (Lipinski definition) is 2. The Labute approximate surface area is 239 Å². The van der Waals surface area contributed by atoms with Gasteiger partial charge in [0.25, 0.3) is 0 Å². The average molecular weight is 531 g/mol. The second-order valence-corrected chi connectivity index (χ2v) is 15.9. The molecule has 2 unspecified atom stereocenters. The van der Waals surface area contributed by atoms with Crippen LogP contribution in [0.2, 0.25) is 0 Å². The van der Waals surface area contributed by atoms with Crippen LogP contribution in [0.5, 0.6) is 0 Å². The summed E-state index contributed by atoms with van der Waals surface area (Å²) in [4.78, 5) is 27.4. The number of hydrogen-bond donors (Lipinski definition) is 0. The molecule has 2 aromatic rings. The largest absolute Gasteiger partial charge is 0.289 e. The normalized spacial score (nSPS) is 16.1. The summed E-state index contributed by atoms with van der Waals surface area (Å²) in [6, 6.07) is 11.9. The Kier molecular flexibility index (Phi) is 8.82. The average Bonchev–Trinajstić information content (AvgIpc) is 2.83. The van der Waals surface area contributed by atoms with Gasteiger partial charge in [0.05, 0.1) is 0 Å². The maximum Gasteiger partial charge on any atom is 0.194 e. The molecular formula is C37H54O2. The second kappa shape index (κ2) is 11.0. The van der Waals surface area contributed by atoms with E-state index in [2.05, 4.69) is 95.2 Å². The third-order valence-electron chi connectivity index (χ3n) is 10.2. The van der Waals surface area contributed by atoms with Crippen molar-refractivity contribution in [2.24, 2.45) is 22.7 Å². The number of rotatable bonds is 9. The van der Waals surface area contributed by atoms with Crippen LogP contribution in [0.3, 0.4) is 0 Å². The summed E-state index contributed by atoms with van der Waals surface area (Å²) in [5.41, 5.74) is 4.93. The van der Waals surface area contributed by atoms with Crippen LogP contribution in [0, 0.1) is 22.7 Å². The summed E-state index contributed by atoms with van der Waals surface area (Å²) in [5.74, 6) is 1.21. The smallest absolute Gasteiger partial charge is 0.194 e. The van der Waals surface area contributed by atoms with Crippen molar-refractivity contribution in [1.29, 1.82) is 0 Å². The van der Waals surface area contributed by atoms with Gasteiger partial charge in [-0.25, -0.2) is 0 Å². The summed E-state index contributed by atoms with van der Waals surface area (Å²) >= 11 is 0. The number of fused-ring (bicyclic) bond motifs is 2. The molecule has 214 valence electrons. The predicted molar refractivity (Wildman–Crippen MR) is 166 cm³/mol. The van der Waals surface area contributed by atoms with E-state index < -0.39 is 0 Å². The fourth-order valence-electron chi connectivity index (χ4n) is 5.57. The molecule has 2 heteroatoms. The first-order valence-corrected chi connectivity index (χ1v) is 15.1. The van der Waals surface area contributed by atoms with Crippen LogP contribution in [-0.2, 0) is 10.8 Å². The van der Waals surface area contributed by atoms with Crippen LogP contribution in [-0.4, -0.2) is 11.6 Å². The molecule has 0 saturated heterocycles. The van der Waals surface area contributed by atoms with Gasteiger partial charge in [0.15, 0.2) is 11.6 Å². The van der Waals surface area contributed by atoms with E-state index in [0.717, 1.165) is 36.8 Å². The molecule has 39 heavy (non-hydrogen) atoms. The fraction of sp³-hybridized carbons (Fsp3) is 0.622. The van der Waals surface area contributed by atoms with Gasteiger partial charge in [0, 0.05) is 22.3 Å². The van der Waals surface area contributed by atoms with Crippen molar-refractivity contribution in [1.82, 2.24) is 0 Å². The van der Waals surface area contributed by atoms with E-state index in [1.165, 1.54) is 6.42 Å². The molecule has 0 fully saturated rings. The highest BCUT2D eigenvalue weighted by molar-refractivity contribution is 6.28. The van der Waals surface area contributed by atoms with Crippen molar-refractivity contribution in [2.75, 3.05) is 0 Å². The van der Waals surface area contributed by atoms with Gasteiger partial charge in [-0.3, -0.25) is 9.59 Å². The maximum absolute atomic E-state index is 13.9. The van der Waals surface area contributed by atoms with Gasteiger partial charge in [-0.15, -0.1) is 0 Å². The Morgan fingerprint density at radius 3 is 1.36 bits per heavy atom. The van der Waals surface area contributed by atoms with Gasteiger partial charge in [0.2, 0.25) is 0 Å². The Morgan fingerprint density at radius 2 is 0.923 bits per heavy atom. The molecule has 0 spiro atoms. The highest BCUT2D eigenvalue weighted by atomic mass is 16.1. The second-order valence-electron chi connectivity index (χ2n) is 15.9. The van der Waals surface area contributed by atoms with Crippen LogP contribution >= 0.6 is 0 Å². The van der Waals surface area contributed by atoms with Gasteiger partial charge in [-0.05, 0) is 88.2 Å². The Bertz CT molecular complexity index is 1210. The topological polar surface area (TPSA) is 34.1 Å². The van der Waals surface area contributed by atoms with Gasteiger partial charge < -0.3 is 0 Å². The molecule has 2 aromatic carbocycles. The third kappa shape index (κ3) is 6.93. The Hall–Kier alpha value is -2.22. The molecule has 1 aliphatic carbocycles. The van der Waals surface area contributed by atoms with Crippen molar-refractivity contribution >= 4 is 11.6 Å². The highest BCUT2D eigenvalue weighted by Gasteiger charge is 2.34. The predicted octanol–water partition coefficient (Wildman–Crippen LogP) is 10.3. The van der Waals surface area contributed by atoms with Crippen molar-refractivity contribution in [3.05, 3.63) is 69.8 Å². The quantitative estimate of drug-likeness (QED) is 0.276. The molecule has 0 heterocycles. The lowest BCUT2D eigenvalue weighted by atomic mass is 9.72. The van der Waals surface area contributed by atoms with E-state index in [-0.39, 0.29) is 27.8 Å². The Morgan fingerprint density at radius 1 is 0.538 bits per heavy atom. The van der Waals surface area contributed by atoms with Crippen molar-refractivity contribution in [3.63, 3.8) is 0 Å². The zero-order chi connectivity index (χ0) is 29.6. The van der Waals surface area contributed by atoms with Gasteiger partial charge in [-0.2, -0.15) is 0 Å². The van der Waals surface area contributed by atoms with Crippen LogP contribution in [0.4, 0.5) is 0 Å². The van der Waals surface area contributed by atoms with E-state index in [9.17, 15) is 9.59 Å². The minimum absolute atomic E-state index is 0.0145. The number of carbonyl (C=O) groups is 2. The number of benzene rings is 2. The molecule has 0 N–H and O–H groups in total. The van der Waals surface area contributed by atoms with Crippen molar-refractivity contribution in [3.8, 4) is 0 Å². The molecule has 3 rings (SSSR count). The van der Waals surface area contributed by atoms with Gasteiger partial charge >= 0.3 is 0 Å². The van der Waals surface area contributed by atoms with Crippen LogP contribution < -0.4 is 0 Å². The molecule has 0 aliphatic heterocycles. The molecule has 0 radical (unpaired) electrons. The van der Waals surface area contributed by atoms with E-state index in [1.54, 1.807) is 0 Å². The van der Waals surface area contributed by atoms with Crippen LogP contribution in [0.15, 0.2) is 36.4 Å². The van der Waals surface area contributed by atoms with Crippen molar-refractivity contribution in [2.45, 2.75) is 126 Å². The van der Waals surface area contributed by atoms with Gasteiger partial charge in [0.1, 0.15) is 0 Å². The minimum atomic E-state index is -0.0772. The summed E-state index contributed by atoms with van der Waals surface area (Å²) < 4.78 is 0. The highest BCUT2D eigenvalue weighted by Crippen LogP contribution is 2.39. The Balaban J connectivity index is 1.86. The summed E-state index contributed by atoms with van der Waals surface area (Å²) in [7, 11) is 0. The number of carbonyl (C=O) groups excluding carboxylic acids is 2. The first kappa shape index (κ1) is 31.3. The lowest BCUT2D eigenvalue weighted by Gasteiger charge is -2.33. The van der Waals surface area contributed by atoms with E-state index >= 15 is 0 Å². The maximum atomic E-state index is 13.9. The first-order valence-electron chi connectivity index (χ1n) is 15.1. The van der Waals surface area contributed by atoms with Gasteiger partial charge in [-0.1, -0.05) is 108 Å². The molecule has 2 nitrogen and oxygen atoms in total. The van der Waals surface area contributed by atoms with Crippen LogP contribution in [0.1, 0.15) is 158 Å². The monoisotopic (exact) mass is 530 g/mol. The first-order chi connectivity index (χ1) is 17.8. The standard InChI is InChI=1S/C37H54O2/c1-24(34(3,4)5)14-13-20-36(9,10)26-15-17-28-30(22-26)33(39)31-23-27(16-18-29(31)32(28)38)37(11,12)21-19-25(2)35(6,7)8/h15-18,22-25H,13-14,19-21H2,1-12H3. The molecule has 2 atom stereocenters. The number of ketones is 2. The molecule has 0 bridgehead atoms. The van der Waals surface area contributed by atoms with E-state index in [0.29, 0.717) is 39.5 Å². The zero-order valence-corrected chi connectivity index (χ0v) is 27.0. The molecule has 1 aliphatic rings. The summed E-state index contributed by atoms with van der Waals surface area (Å²) in [6.45, 7) is 27.5. The molecule has 0 aromatic heterocycles. The lowest BCUT2D eigenvalue weighted by Crippen LogP contribution is -2.26. The van der Waals surface area contributed by atoms with Crippen LogP contribution in [0.25, 0.3) is 0 Å². The SMILES string of the molecule is CC(CCCC(C)(C)c1ccc2c(c1)C(=O)c1cc(C(C)(C)CCC(C)C(C)(C)C)ccc1C2=O)C(C)(C)C. The summed E-state index contributed by atoms with van der Waals surface area (Å²) in [6.07, 6.45) is 5.54. The molecular weight excluding hydrogens is 476 g/mol. The van der Waals surface area contributed by atoms with Crippen molar-refractivity contribution < 1.29 is 9.59 Å². The van der Waals surface area contributed by atoms with E-state index in [4.69, 9.17) is 0 Å². The molecule has 0 amide bonds. The zero-order valence-electron chi connectivity index (χ0n) is 27.0. The minimum Gasteiger partial charge on any atom is -0.289 e. The fourth-order valence-corrected chi connectivity index (χ4v) is 5.57. The molecule has 0 saturated carbocycles. The van der Waals surface area contributed by atoms with E-state index in [1.807, 2.05) is 24.3 Å². The summed E-state index contributed by atoms with van der Waals surface area (Å²) in [5, 5.41) is 0. The lowest BCUT2D eigenvalue weighted by molar-refractivity contribution is 0.0978.